The number of thioether (sulfide) groups is 1. The maximum absolute atomic E-state index is 12.9. The van der Waals surface area contributed by atoms with E-state index in [2.05, 4.69) is 36.7 Å². The molecule has 0 amide bonds. The van der Waals surface area contributed by atoms with Crippen molar-refractivity contribution in [2.24, 2.45) is 0 Å². The fourth-order valence-electron chi connectivity index (χ4n) is 0.929. The first-order chi connectivity index (χ1) is 6.38. The molecule has 3 heteroatoms. The van der Waals surface area contributed by atoms with Crippen molar-refractivity contribution in [3.8, 4) is 0 Å². The van der Waals surface area contributed by atoms with Gasteiger partial charge in [-0.05, 0) is 33.6 Å². The highest BCUT2D eigenvalue weighted by Gasteiger charge is 2.10. The van der Waals surface area contributed by atoms with Gasteiger partial charge < -0.3 is 0 Å². The first-order valence-corrected chi connectivity index (χ1v) is 6.24. The molecule has 0 aliphatic carbocycles. The molecule has 0 unspecified atom stereocenters. The molecular weight excluding hydrogens is 263 g/mol. The lowest BCUT2D eigenvalue weighted by Crippen LogP contribution is -2.07. The van der Waals surface area contributed by atoms with E-state index in [0.29, 0.717) is 4.47 Å². The van der Waals surface area contributed by atoms with Gasteiger partial charge in [-0.1, -0.05) is 26.8 Å². The Morgan fingerprint density at radius 3 is 2.50 bits per heavy atom. The van der Waals surface area contributed by atoms with Gasteiger partial charge in [0.2, 0.25) is 0 Å². The third-order valence-corrected chi connectivity index (χ3v) is 3.61. The largest absolute Gasteiger partial charge is 0.206 e. The molecule has 0 aliphatic heterocycles. The Kier molecular flexibility index (Phi) is 4.02. The summed E-state index contributed by atoms with van der Waals surface area (Å²) >= 11 is 5.04. The Morgan fingerprint density at radius 2 is 2.00 bits per heavy atom. The van der Waals surface area contributed by atoms with Crippen LogP contribution in [0, 0.1) is 5.82 Å². The molecule has 0 bridgehead atoms. The molecule has 0 saturated heterocycles. The molecule has 14 heavy (non-hydrogen) atoms. The first kappa shape index (κ1) is 12.1. The normalized spacial score (nSPS) is 11.8. The minimum Gasteiger partial charge on any atom is -0.206 e. The van der Waals surface area contributed by atoms with E-state index in [1.165, 1.54) is 6.07 Å². The van der Waals surface area contributed by atoms with Crippen LogP contribution >= 0.6 is 27.7 Å². The van der Waals surface area contributed by atoms with Gasteiger partial charge in [0, 0.05) is 10.5 Å². The Balaban J connectivity index is 2.65. The summed E-state index contributed by atoms with van der Waals surface area (Å²) in [5, 5.41) is 0. The zero-order chi connectivity index (χ0) is 10.8. The smallest absolute Gasteiger partial charge is 0.137 e. The Bertz CT molecular complexity index is 318. The molecule has 0 nitrogen and oxygen atoms in total. The van der Waals surface area contributed by atoms with E-state index in [9.17, 15) is 4.39 Å². The van der Waals surface area contributed by atoms with Crippen LogP contribution in [-0.4, -0.2) is 4.75 Å². The van der Waals surface area contributed by atoms with Gasteiger partial charge in [0.05, 0.1) is 4.47 Å². The van der Waals surface area contributed by atoms with E-state index in [0.717, 1.165) is 11.3 Å². The average Bonchev–Trinajstić information content (AvgIpc) is 2.06. The highest BCUT2D eigenvalue weighted by molar-refractivity contribution is 9.10. The molecule has 0 atom stereocenters. The standard InChI is InChI=1S/C11H14BrFS/c1-11(2,3)14-7-8-4-5-10(13)9(12)6-8/h4-6H,7H2,1-3H3. The monoisotopic (exact) mass is 276 g/mol. The molecule has 0 fully saturated rings. The lowest BCUT2D eigenvalue weighted by molar-refractivity contribution is 0.620. The van der Waals surface area contributed by atoms with Crippen molar-refractivity contribution in [3.63, 3.8) is 0 Å². The van der Waals surface area contributed by atoms with E-state index in [4.69, 9.17) is 0 Å². The highest BCUT2D eigenvalue weighted by Crippen LogP contribution is 2.28. The first-order valence-electron chi connectivity index (χ1n) is 4.46. The zero-order valence-corrected chi connectivity index (χ0v) is 11.0. The summed E-state index contributed by atoms with van der Waals surface area (Å²) < 4.78 is 13.7. The second-order valence-corrected chi connectivity index (χ2v) is 6.81. The molecule has 0 aromatic heterocycles. The summed E-state index contributed by atoms with van der Waals surface area (Å²) in [6.07, 6.45) is 0. The number of rotatable bonds is 2. The number of hydrogen-bond donors (Lipinski definition) is 0. The van der Waals surface area contributed by atoms with Gasteiger partial charge in [0.25, 0.3) is 0 Å². The zero-order valence-electron chi connectivity index (χ0n) is 8.60. The van der Waals surface area contributed by atoms with Gasteiger partial charge >= 0.3 is 0 Å². The molecular formula is C11H14BrFS. The van der Waals surface area contributed by atoms with Gasteiger partial charge in [-0.3, -0.25) is 0 Å². The fraction of sp³-hybridized carbons (Fsp3) is 0.455. The summed E-state index contributed by atoms with van der Waals surface area (Å²) in [4.78, 5) is 0. The summed E-state index contributed by atoms with van der Waals surface area (Å²) in [5.41, 5.74) is 1.15. The van der Waals surface area contributed by atoms with Gasteiger partial charge in [-0.15, -0.1) is 0 Å². The Morgan fingerprint density at radius 1 is 1.36 bits per heavy atom. The van der Waals surface area contributed by atoms with E-state index < -0.39 is 0 Å². The van der Waals surface area contributed by atoms with Crippen LogP contribution in [0.3, 0.4) is 0 Å². The fourth-order valence-corrected chi connectivity index (χ4v) is 2.13. The van der Waals surface area contributed by atoms with Crippen molar-refractivity contribution >= 4 is 27.7 Å². The van der Waals surface area contributed by atoms with E-state index in [1.54, 1.807) is 0 Å². The lowest BCUT2D eigenvalue weighted by atomic mass is 10.2. The topological polar surface area (TPSA) is 0 Å². The summed E-state index contributed by atoms with van der Waals surface area (Å²) in [5.74, 6) is 0.719. The summed E-state index contributed by atoms with van der Waals surface area (Å²) in [7, 11) is 0. The highest BCUT2D eigenvalue weighted by atomic mass is 79.9. The van der Waals surface area contributed by atoms with Crippen molar-refractivity contribution in [1.82, 2.24) is 0 Å². The minimum atomic E-state index is -0.200. The van der Waals surface area contributed by atoms with E-state index in [-0.39, 0.29) is 10.6 Å². The predicted molar refractivity (Wildman–Crippen MR) is 65.1 cm³/mol. The number of hydrogen-bond acceptors (Lipinski definition) is 1. The molecule has 1 aromatic rings. The number of halogens is 2. The van der Waals surface area contributed by atoms with E-state index in [1.807, 2.05) is 23.9 Å². The molecule has 1 rings (SSSR count). The molecule has 1 aromatic carbocycles. The van der Waals surface area contributed by atoms with Crippen LogP contribution < -0.4 is 0 Å². The second kappa shape index (κ2) is 4.67. The van der Waals surface area contributed by atoms with Gasteiger partial charge in [0.1, 0.15) is 5.82 Å². The minimum absolute atomic E-state index is 0.200. The summed E-state index contributed by atoms with van der Waals surface area (Å²) in [6.45, 7) is 6.53. The lowest BCUT2D eigenvalue weighted by Gasteiger charge is -2.17. The van der Waals surface area contributed by atoms with Crippen LogP contribution in [0.4, 0.5) is 4.39 Å². The van der Waals surface area contributed by atoms with Gasteiger partial charge in [-0.25, -0.2) is 4.39 Å². The molecule has 0 spiro atoms. The summed E-state index contributed by atoms with van der Waals surface area (Å²) in [6, 6.07) is 5.18. The Hall–Kier alpha value is -0.0200. The molecule has 0 radical (unpaired) electrons. The predicted octanol–water partition coefficient (Wildman–Crippen LogP) is 4.62. The molecule has 0 aliphatic rings. The van der Waals surface area contributed by atoms with Gasteiger partial charge in [0.15, 0.2) is 0 Å². The van der Waals surface area contributed by atoms with Crippen molar-refractivity contribution in [1.29, 1.82) is 0 Å². The van der Waals surface area contributed by atoms with Crippen molar-refractivity contribution in [2.45, 2.75) is 31.3 Å². The average molecular weight is 277 g/mol. The van der Waals surface area contributed by atoms with Crippen molar-refractivity contribution < 1.29 is 4.39 Å². The third kappa shape index (κ3) is 4.01. The molecule has 0 saturated carbocycles. The van der Waals surface area contributed by atoms with Crippen LogP contribution in [0.1, 0.15) is 26.3 Å². The maximum atomic E-state index is 12.9. The Labute approximate surface area is 97.4 Å². The van der Waals surface area contributed by atoms with Gasteiger partial charge in [-0.2, -0.15) is 11.8 Å². The maximum Gasteiger partial charge on any atom is 0.137 e. The van der Waals surface area contributed by atoms with Crippen LogP contribution in [0.5, 0.6) is 0 Å². The van der Waals surface area contributed by atoms with Crippen LogP contribution in [0.15, 0.2) is 22.7 Å². The van der Waals surface area contributed by atoms with Crippen molar-refractivity contribution in [2.75, 3.05) is 0 Å². The quantitative estimate of drug-likeness (QED) is 0.760. The third-order valence-electron chi connectivity index (χ3n) is 1.66. The number of benzene rings is 1. The van der Waals surface area contributed by atoms with Crippen molar-refractivity contribution in [3.05, 3.63) is 34.1 Å². The second-order valence-electron chi connectivity index (χ2n) is 4.15. The molecule has 78 valence electrons. The van der Waals surface area contributed by atoms with E-state index >= 15 is 0 Å². The molecule has 0 heterocycles. The van der Waals surface area contributed by atoms with Crippen LogP contribution in [0.25, 0.3) is 0 Å². The molecule has 0 N–H and O–H groups in total. The van der Waals surface area contributed by atoms with Crippen LogP contribution in [0.2, 0.25) is 0 Å². The SMILES string of the molecule is CC(C)(C)SCc1ccc(F)c(Br)c1. The van der Waals surface area contributed by atoms with Crippen LogP contribution in [-0.2, 0) is 5.75 Å².